The molecule has 1 aliphatic carbocycles. The summed E-state index contributed by atoms with van der Waals surface area (Å²) in [5, 5.41) is 10.2. The van der Waals surface area contributed by atoms with Gasteiger partial charge in [-0.2, -0.15) is 0 Å². The zero-order valence-electron chi connectivity index (χ0n) is 23.7. The number of pyridine rings is 2. The Morgan fingerprint density at radius 2 is 1.71 bits per heavy atom. The van der Waals surface area contributed by atoms with Crippen LogP contribution in [-0.4, -0.2) is 46.0 Å². The van der Waals surface area contributed by atoms with Crippen molar-refractivity contribution >= 4 is 27.5 Å². The molecular weight excluding hydrogens is 552 g/mol. The predicted octanol–water partition coefficient (Wildman–Crippen LogP) is 6.79. The van der Waals surface area contributed by atoms with Crippen molar-refractivity contribution in [2.45, 2.75) is 51.1 Å². The number of nitrogens with zero attached hydrogens (tertiary/aromatic N) is 4. The number of sulfonamides is 1. The number of hydrogen-bond donors (Lipinski definition) is 1. The normalized spacial score (nSPS) is 17.0. The number of amides is 1. The highest BCUT2D eigenvalue weighted by Crippen LogP contribution is 2.50. The van der Waals surface area contributed by atoms with Gasteiger partial charge in [-0.3, -0.25) is 9.88 Å². The molecule has 10 heteroatoms. The van der Waals surface area contributed by atoms with E-state index >= 15 is 0 Å². The number of fused-ring (bicyclic) bond motifs is 1. The summed E-state index contributed by atoms with van der Waals surface area (Å²) < 4.78 is 33.3. The summed E-state index contributed by atoms with van der Waals surface area (Å²) >= 11 is 0. The molecule has 9 nitrogen and oxygen atoms in total. The zero-order chi connectivity index (χ0) is 29.7. The Morgan fingerprint density at radius 3 is 2.29 bits per heavy atom. The third-order valence-electron chi connectivity index (χ3n) is 7.94. The number of ether oxygens (including phenoxy) is 1. The first kappa shape index (κ1) is 27.7. The van der Waals surface area contributed by atoms with E-state index in [0.29, 0.717) is 17.1 Å². The first-order valence-electron chi connectivity index (χ1n) is 13.8. The van der Waals surface area contributed by atoms with Crippen molar-refractivity contribution in [2.75, 3.05) is 10.2 Å². The third-order valence-corrected chi connectivity index (χ3v) is 9.32. The minimum Gasteiger partial charge on any atom is -0.465 e. The van der Waals surface area contributed by atoms with E-state index in [0.717, 1.165) is 41.5 Å². The SMILES string of the molecule is CC(C)(C)N(C(=O)O)C1(c2ccc(-c3nc4c(cc3-c3ccccc3)N(c3cccnc3)S(=O)(=O)CO4)cc2)CCC1. The van der Waals surface area contributed by atoms with Crippen LogP contribution in [0.1, 0.15) is 45.6 Å². The van der Waals surface area contributed by atoms with Gasteiger partial charge in [-0.15, -0.1) is 0 Å². The zero-order valence-corrected chi connectivity index (χ0v) is 24.5. The van der Waals surface area contributed by atoms with Gasteiger partial charge in [0.05, 0.1) is 23.1 Å². The maximum atomic E-state index is 13.2. The number of anilines is 2. The molecule has 4 aromatic rings. The predicted molar refractivity (Wildman–Crippen MR) is 161 cm³/mol. The molecule has 1 aliphatic heterocycles. The molecule has 1 saturated carbocycles. The van der Waals surface area contributed by atoms with Crippen LogP contribution in [0.4, 0.5) is 16.2 Å². The lowest BCUT2D eigenvalue weighted by molar-refractivity contribution is -0.0328. The third kappa shape index (κ3) is 4.65. The molecule has 2 aromatic carbocycles. The second-order valence-corrected chi connectivity index (χ2v) is 13.4. The van der Waals surface area contributed by atoms with Crippen molar-refractivity contribution in [3.63, 3.8) is 0 Å². The molecule has 6 rings (SSSR count). The molecular formula is C32H32N4O5S. The topological polar surface area (TPSA) is 113 Å². The standard InChI is InChI=1S/C32H32N4O5S/c1-31(2,3)36(30(37)38)32(16-8-17-32)24-14-12-23(13-15-24)28-26(22-9-5-4-6-10-22)19-27-29(34-28)41-21-42(39,40)35(27)25-11-7-18-33-20-25/h4-7,9-15,18-20H,8,16-17,21H2,1-3H3,(H,37,38). The molecule has 0 bridgehead atoms. The molecule has 1 amide bonds. The minimum atomic E-state index is -3.83. The van der Waals surface area contributed by atoms with Crippen LogP contribution < -0.4 is 9.04 Å². The van der Waals surface area contributed by atoms with E-state index in [9.17, 15) is 18.3 Å². The maximum Gasteiger partial charge on any atom is 0.408 e. The van der Waals surface area contributed by atoms with Gasteiger partial charge >= 0.3 is 6.09 Å². The van der Waals surface area contributed by atoms with Gasteiger partial charge < -0.3 is 9.84 Å². The second-order valence-electron chi connectivity index (χ2n) is 11.7. The Kier molecular flexibility index (Phi) is 6.68. The van der Waals surface area contributed by atoms with Gasteiger partial charge in [0.15, 0.2) is 0 Å². The number of benzene rings is 2. The van der Waals surface area contributed by atoms with Crippen molar-refractivity contribution in [3.8, 4) is 28.3 Å². The van der Waals surface area contributed by atoms with Crippen LogP contribution >= 0.6 is 0 Å². The summed E-state index contributed by atoms with van der Waals surface area (Å²) in [5.41, 5.74) is 3.52. The van der Waals surface area contributed by atoms with E-state index in [2.05, 4.69) is 4.98 Å². The maximum absolute atomic E-state index is 13.2. The lowest BCUT2D eigenvalue weighted by Crippen LogP contribution is -2.60. The smallest absolute Gasteiger partial charge is 0.408 e. The molecule has 3 heterocycles. The molecule has 1 N–H and O–H groups in total. The first-order valence-corrected chi connectivity index (χ1v) is 15.4. The monoisotopic (exact) mass is 584 g/mol. The van der Waals surface area contributed by atoms with Gasteiger partial charge in [0.2, 0.25) is 11.8 Å². The van der Waals surface area contributed by atoms with Gasteiger partial charge in [0.25, 0.3) is 10.0 Å². The van der Waals surface area contributed by atoms with Crippen molar-refractivity contribution < 1.29 is 23.1 Å². The summed E-state index contributed by atoms with van der Waals surface area (Å²) in [4.78, 5) is 23.0. The molecule has 1 fully saturated rings. The average Bonchev–Trinajstić information content (AvgIpc) is 2.94. The van der Waals surface area contributed by atoms with E-state index in [4.69, 9.17) is 9.72 Å². The van der Waals surface area contributed by atoms with Crippen molar-refractivity contribution in [2.24, 2.45) is 0 Å². The van der Waals surface area contributed by atoms with Crippen molar-refractivity contribution in [1.82, 2.24) is 14.9 Å². The summed E-state index contributed by atoms with van der Waals surface area (Å²) in [5.74, 6) is -0.349. The fraction of sp³-hybridized carbons (Fsp3) is 0.281. The number of hydrogen-bond acceptors (Lipinski definition) is 6. The molecule has 216 valence electrons. The summed E-state index contributed by atoms with van der Waals surface area (Å²) in [7, 11) is -3.83. The van der Waals surface area contributed by atoms with Gasteiger partial charge in [-0.1, -0.05) is 54.6 Å². The van der Waals surface area contributed by atoms with Gasteiger partial charge in [0, 0.05) is 22.9 Å². The molecule has 42 heavy (non-hydrogen) atoms. The van der Waals surface area contributed by atoms with Crippen LogP contribution in [-0.2, 0) is 15.6 Å². The minimum absolute atomic E-state index is 0.202. The molecule has 0 atom stereocenters. The quantitative estimate of drug-likeness (QED) is 0.275. The first-order chi connectivity index (χ1) is 20.0. The number of carbonyl (C=O) groups is 1. The van der Waals surface area contributed by atoms with Crippen LogP contribution in [0.3, 0.4) is 0 Å². The highest BCUT2D eigenvalue weighted by atomic mass is 32.2. The molecule has 2 aliphatic rings. The Morgan fingerprint density at radius 1 is 1.00 bits per heavy atom. The fourth-order valence-electron chi connectivity index (χ4n) is 6.11. The van der Waals surface area contributed by atoms with Crippen molar-refractivity contribution in [3.05, 3.63) is 90.8 Å². The van der Waals surface area contributed by atoms with Crippen LogP contribution in [0.2, 0.25) is 0 Å². The molecule has 0 spiro atoms. The second kappa shape index (κ2) is 10.1. The molecule has 0 radical (unpaired) electrons. The van der Waals surface area contributed by atoms with Crippen LogP contribution in [0.25, 0.3) is 22.4 Å². The lowest BCUT2D eigenvalue weighted by atomic mass is 9.69. The van der Waals surface area contributed by atoms with Crippen LogP contribution in [0.5, 0.6) is 5.88 Å². The summed E-state index contributed by atoms with van der Waals surface area (Å²) in [6, 6.07) is 22.7. The molecule has 0 saturated heterocycles. The molecule has 0 unspecified atom stereocenters. The number of carboxylic acid groups (broad SMARTS) is 1. The van der Waals surface area contributed by atoms with E-state index in [-0.39, 0.29) is 5.88 Å². The fourth-order valence-corrected chi connectivity index (χ4v) is 7.33. The van der Waals surface area contributed by atoms with Crippen LogP contribution in [0.15, 0.2) is 85.2 Å². The molecule has 2 aromatic heterocycles. The van der Waals surface area contributed by atoms with Gasteiger partial charge in [0.1, 0.15) is 5.69 Å². The number of aromatic nitrogens is 2. The average molecular weight is 585 g/mol. The Hall–Kier alpha value is -4.44. The Bertz CT molecular complexity index is 1730. The Labute approximate surface area is 245 Å². The largest absolute Gasteiger partial charge is 0.465 e. The summed E-state index contributed by atoms with van der Waals surface area (Å²) in [6.07, 6.45) is 4.63. The van der Waals surface area contributed by atoms with E-state index < -0.39 is 33.1 Å². The lowest BCUT2D eigenvalue weighted by Gasteiger charge is -2.54. The van der Waals surface area contributed by atoms with E-state index in [1.165, 1.54) is 10.5 Å². The van der Waals surface area contributed by atoms with Crippen molar-refractivity contribution in [1.29, 1.82) is 0 Å². The summed E-state index contributed by atoms with van der Waals surface area (Å²) in [6.45, 7) is 5.77. The number of rotatable bonds is 5. The van der Waals surface area contributed by atoms with E-state index in [1.54, 1.807) is 29.3 Å². The Balaban J connectivity index is 1.49. The highest BCUT2D eigenvalue weighted by Gasteiger charge is 2.50. The van der Waals surface area contributed by atoms with Gasteiger partial charge in [-0.05, 0) is 69.4 Å². The van der Waals surface area contributed by atoms with Gasteiger partial charge in [-0.25, -0.2) is 22.5 Å². The van der Waals surface area contributed by atoms with E-state index in [1.807, 2.05) is 75.4 Å². The highest BCUT2D eigenvalue weighted by molar-refractivity contribution is 7.93. The van der Waals surface area contributed by atoms with Crippen LogP contribution in [0, 0.1) is 0 Å².